The molecule has 0 bridgehead atoms. The van der Waals surface area contributed by atoms with E-state index >= 15 is 0 Å². The summed E-state index contributed by atoms with van der Waals surface area (Å²) in [5, 5.41) is 7.38. The fourth-order valence-corrected chi connectivity index (χ4v) is 1.70. The van der Waals surface area contributed by atoms with Gasteiger partial charge in [-0.15, -0.1) is 0 Å². The summed E-state index contributed by atoms with van der Waals surface area (Å²) in [6.45, 7) is 2.25. The smallest absolute Gasteiger partial charge is 0.408 e. The molecule has 3 amide bonds. The van der Waals surface area contributed by atoms with Crippen molar-refractivity contribution >= 4 is 17.9 Å². The van der Waals surface area contributed by atoms with Crippen molar-refractivity contribution < 1.29 is 19.1 Å². The van der Waals surface area contributed by atoms with Crippen molar-refractivity contribution in [2.24, 2.45) is 0 Å². The summed E-state index contributed by atoms with van der Waals surface area (Å²) < 4.78 is 5.04. The standard InChI is InChI=1S/C15H21N3O4/c1-3-17-14(20)12(9-13(19)16-2)18-15(21)22-10-11-7-5-4-6-8-11/h4-8,12H,3,9-10H2,1-2H3,(H,16,19)(H,17,20)(H,18,21). The average Bonchev–Trinajstić information content (AvgIpc) is 2.53. The van der Waals surface area contributed by atoms with Crippen LogP contribution in [0, 0.1) is 0 Å². The van der Waals surface area contributed by atoms with Crippen LogP contribution in [0.25, 0.3) is 0 Å². The zero-order valence-corrected chi connectivity index (χ0v) is 12.7. The molecular formula is C15H21N3O4. The van der Waals surface area contributed by atoms with E-state index in [-0.39, 0.29) is 18.9 Å². The second-order valence-corrected chi connectivity index (χ2v) is 4.53. The minimum atomic E-state index is -0.969. The first kappa shape index (κ1) is 17.5. The highest BCUT2D eigenvalue weighted by atomic mass is 16.5. The SMILES string of the molecule is CCNC(=O)C(CC(=O)NC)NC(=O)OCc1ccccc1. The van der Waals surface area contributed by atoms with Gasteiger partial charge >= 0.3 is 6.09 Å². The van der Waals surface area contributed by atoms with E-state index in [1.807, 2.05) is 30.3 Å². The van der Waals surface area contributed by atoms with Crippen LogP contribution in [-0.4, -0.2) is 37.5 Å². The van der Waals surface area contributed by atoms with E-state index in [0.29, 0.717) is 6.54 Å². The van der Waals surface area contributed by atoms with E-state index in [4.69, 9.17) is 4.74 Å². The molecule has 22 heavy (non-hydrogen) atoms. The first-order chi connectivity index (χ1) is 10.6. The van der Waals surface area contributed by atoms with Crippen molar-refractivity contribution in [2.45, 2.75) is 26.0 Å². The molecule has 0 aliphatic rings. The molecule has 7 heteroatoms. The number of likely N-dealkylation sites (N-methyl/N-ethyl adjacent to an activating group) is 1. The molecular weight excluding hydrogens is 286 g/mol. The molecule has 1 unspecified atom stereocenters. The maximum atomic E-state index is 11.8. The number of alkyl carbamates (subject to hydrolysis) is 1. The number of rotatable bonds is 7. The van der Waals surface area contributed by atoms with Gasteiger partial charge in [0.1, 0.15) is 12.6 Å². The topological polar surface area (TPSA) is 96.5 Å². The number of ether oxygens (including phenoxy) is 1. The Balaban J connectivity index is 2.54. The minimum absolute atomic E-state index is 0.0920. The number of carbonyl (C=O) groups is 3. The zero-order valence-electron chi connectivity index (χ0n) is 12.7. The molecule has 7 nitrogen and oxygen atoms in total. The number of nitrogens with one attached hydrogen (secondary N) is 3. The molecule has 1 aromatic carbocycles. The molecule has 0 saturated carbocycles. The van der Waals surface area contributed by atoms with Crippen molar-refractivity contribution in [2.75, 3.05) is 13.6 Å². The lowest BCUT2D eigenvalue weighted by Crippen LogP contribution is -2.48. The Kier molecular flexibility index (Phi) is 7.45. The van der Waals surface area contributed by atoms with Gasteiger partial charge in [0, 0.05) is 13.6 Å². The molecule has 120 valence electrons. The highest BCUT2D eigenvalue weighted by Gasteiger charge is 2.23. The maximum absolute atomic E-state index is 11.8. The second-order valence-electron chi connectivity index (χ2n) is 4.53. The molecule has 0 spiro atoms. The number of benzene rings is 1. The van der Waals surface area contributed by atoms with Crippen LogP contribution in [0.4, 0.5) is 4.79 Å². The van der Waals surface area contributed by atoms with E-state index in [0.717, 1.165) is 5.56 Å². The predicted molar refractivity (Wildman–Crippen MR) is 80.9 cm³/mol. The molecule has 0 saturated heterocycles. The van der Waals surface area contributed by atoms with Gasteiger partial charge in [0.25, 0.3) is 0 Å². The zero-order chi connectivity index (χ0) is 16.4. The van der Waals surface area contributed by atoms with Crippen LogP contribution in [0.3, 0.4) is 0 Å². The van der Waals surface area contributed by atoms with Crippen molar-refractivity contribution in [3.8, 4) is 0 Å². The Morgan fingerprint density at radius 2 is 1.86 bits per heavy atom. The van der Waals surface area contributed by atoms with Crippen LogP contribution in [-0.2, 0) is 20.9 Å². The molecule has 1 rings (SSSR count). The summed E-state index contributed by atoms with van der Waals surface area (Å²) in [5.41, 5.74) is 0.832. The summed E-state index contributed by atoms with van der Waals surface area (Å²) in [5.74, 6) is -0.776. The summed E-state index contributed by atoms with van der Waals surface area (Å²) >= 11 is 0. The quantitative estimate of drug-likeness (QED) is 0.685. The van der Waals surface area contributed by atoms with Crippen LogP contribution < -0.4 is 16.0 Å². The Labute approximate surface area is 129 Å². The van der Waals surface area contributed by atoms with E-state index in [1.54, 1.807) is 6.92 Å². The Hall–Kier alpha value is -2.57. The van der Waals surface area contributed by atoms with Crippen LogP contribution >= 0.6 is 0 Å². The van der Waals surface area contributed by atoms with Gasteiger partial charge in [-0.25, -0.2) is 4.79 Å². The predicted octanol–water partition coefficient (Wildman–Crippen LogP) is 0.554. The highest BCUT2D eigenvalue weighted by Crippen LogP contribution is 2.01. The van der Waals surface area contributed by atoms with E-state index in [2.05, 4.69) is 16.0 Å². The summed E-state index contributed by atoms with van der Waals surface area (Å²) in [7, 11) is 1.46. The van der Waals surface area contributed by atoms with Gasteiger partial charge in [-0.2, -0.15) is 0 Å². The number of hydrogen-bond acceptors (Lipinski definition) is 4. The second kappa shape index (κ2) is 9.38. The lowest BCUT2D eigenvalue weighted by atomic mass is 10.2. The molecule has 0 aliphatic carbocycles. The molecule has 0 heterocycles. The third-order valence-electron chi connectivity index (χ3n) is 2.84. The lowest BCUT2D eigenvalue weighted by molar-refractivity contribution is -0.128. The van der Waals surface area contributed by atoms with Gasteiger partial charge < -0.3 is 20.7 Å². The first-order valence-corrected chi connectivity index (χ1v) is 7.02. The van der Waals surface area contributed by atoms with Gasteiger partial charge in [0.2, 0.25) is 11.8 Å². The first-order valence-electron chi connectivity index (χ1n) is 7.02. The van der Waals surface area contributed by atoms with E-state index < -0.39 is 18.0 Å². The fraction of sp³-hybridized carbons (Fsp3) is 0.400. The monoisotopic (exact) mass is 307 g/mol. The Bertz CT molecular complexity index is 505. The molecule has 0 fully saturated rings. The van der Waals surface area contributed by atoms with Gasteiger partial charge in [-0.3, -0.25) is 9.59 Å². The fourth-order valence-electron chi connectivity index (χ4n) is 1.70. The van der Waals surface area contributed by atoms with Gasteiger partial charge in [-0.05, 0) is 12.5 Å². The van der Waals surface area contributed by atoms with Gasteiger partial charge in [-0.1, -0.05) is 30.3 Å². The Morgan fingerprint density at radius 3 is 2.45 bits per heavy atom. The third kappa shape index (κ3) is 6.25. The summed E-state index contributed by atoms with van der Waals surface area (Å²) in [6, 6.07) is 8.19. The average molecular weight is 307 g/mol. The molecule has 1 atom stereocenters. The number of carbonyl (C=O) groups excluding carboxylic acids is 3. The van der Waals surface area contributed by atoms with Gasteiger partial charge in [0.05, 0.1) is 6.42 Å². The summed E-state index contributed by atoms with van der Waals surface area (Å²) in [4.78, 5) is 35.0. The molecule has 3 N–H and O–H groups in total. The number of hydrogen-bond donors (Lipinski definition) is 3. The molecule has 0 aliphatic heterocycles. The van der Waals surface area contributed by atoms with Crippen molar-refractivity contribution in [3.63, 3.8) is 0 Å². The van der Waals surface area contributed by atoms with Crippen LogP contribution in [0.2, 0.25) is 0 Å². The van der Waals surface area contributed by atoms with Gasteiger partial charge in [0.15, 0.2) is 0 Å². The number of amides is 3. The maximum Gasteiger partial charge on any atom is 0.408 e. The Morgan fingerprint density at radius 1 is 1.18 bits per heavy atom. The van der Waals surface area contributed by atoms with E-state index in [9.17, 15) is 14.4 Å². The molecule has 1 aromatic rings. The van der Waals surface area contributed by atoms with Crippen molar-refractivity contribution in [1.29, 1.82) is 0 Å². The third-order valence-corrected chi connectivity index (χ3v) is 2.84. The van der Waals surface area contributed by atoms with Crippen LogP contribution in [0.1, 0.15) is 18.9 Å². The van der Waals surface area contributed by atoms with E-state index in [1.165, 1.54) is 7.05 Å². The largest absolute Gasteiger partial charge is 0.445 e. The van der Waals surface area contributed by atoms with Crippen molar-refractivity contribution in [1.82, 2.24) is 16.0 Å². The summed E-state index contributed by atoms with van der Waals surface area (Å²) in [6.07, 6.45) is -0.896. The van der Waals surface area contributed by atoms with Crippen LogP contribution in [0.15, 0.2) is 30.3 Å². The lowest BCUT2D eigenvalue weighted by Gasteiger charge is -2.17. The van der Waals surface area contributed by atoms with Crippen LogP contribution in [0.5, 0.6) is 0 Å². The molecule has 0 radical (unpaired) electrons. The normalized spacial score (nSPS) is 11.2. The van der Waals surface area contributed by atoms with Crippen molar-refractivity contribution in [3.05, 3.63) is 35.9 Å². The minimum Gasteiger partial charge on any atom is -0.445 e. The molecule has 0 aromatic heterocycles. The highest BCUT2D eigenvalue weighted by molar-refractivity contribution is 5.90.